The van der Waals surface area contributed by atoms with Crippen LogP contribution in [0.1, 0.15) is 35.7 Å². The maximum atomic E-state index is 14.1. The van der Waals surface area contributed by atoms with Crippen LogP contribution in [0.5, 0.6) is 0 Å². The van der Waals surface area contributed by atoms with E-state index >= 15 is 0 Å². The van der Waals surface area contributed by atoms with Gasteiger partial charge < -0.3 is 9.88 Å². The van der Waals surface area contributed by atoms with Crippen molar-refractivity contribution in [3.8, 4) is 0 Å². The zero-order chi connectivity index (χ0) is 16.4. The van der Waals surface area contributed by atoms with E-state index in [9.17, 15) is 8.78 Å². The molecule has 0 saturated carbocycles. The lowest BCUT2D eigenvalue weighted by atomic mass is 9.97. The quantitative estimate of drug-likeness (QED) is 0.830. The molecule has 0 spiro atoms. The van der Waals surface area contributed by atoms with Crippen molar-refractivity contribution in [1.29, 1.82) is 0 Å². The third-order valence-electron chi connectivity index (χ3n) is 4.30. The highest BCUT2D eigenvalue weighted by molar-refractivity contribution is 7.98. The van der Waals surface area contributed by atoms with E-state index in [0.717, 1.165) is 31.8 Å². The predicted octanol–water partition coefficient (Wildman–Crippen LogP) is 3.58. The summed E-state index contributed by atoms with van der Waals surface area (Å²) in [4.78, 5) is 0. The molecule has 24 heavy (non-hydrogen) atoms. The van der Waals surface area contributed by atoms with Gasteiger partial charge in [-0.3, -0.25) is 0 Å². The van der Waals surface area contributed by atoms with Crippen molar-refractivity contribution in [2.45, 2.75) is 36.6 Å². The van der Waals surface area contributed by atoms with Crippen LogP contribution < -0.4 is 5.32 Å². The highest BCUT2D eigenvalue weighted by Crippen LogP contribution is 2.29. The molecule has 2 heterocycles. The van der Waals surface area contributed by atoms with Gasteiger partial charge in [0.15, 0.2) is 5.16 Å². The number of nitrogens with zero attached hydrogens (tertiary/aromatic N) is 3. The third kappa shape index (κ3) is 3.90. The first kappa shape index (κ1) is 19.1. The molecular formula is C16H21ClF2N4S. The predicted molar refractivity (Wildman–Crippen MR) is 93.8 cm³/mol. The first-order valence-electron chi connectivity index (χ1n) is 7.74. The minimum absolute atomic E-state index is 0. The van der Waals surface area contributed by atoms with E-state index in [0.29, 0.717) is 16.6 Å². The van der Waals surface area contributed by atoms with E-state index in [4.69, 9.17) is 0 Å². The first-order chi connectivity index (χ1) is 11.1. The van der Waals surface area contributed by atoms with Crippen LogP contribution in [-0.2, 0) is 12.8 Å². The molecule has 1 aromatic carbocycles. The van der Waals surface area contributed by atoms with E-state index in [-0.39, 0.29) is 23.7 Å². The van der Waals surface area contributed by atoms with Gasteiger partial charge in [-0.2, -0.15) is 0 Å². The molecule has 0 radical (unpaired) electrons. The molecule has 132 valence electrons. The van der Waals surface area contributed by atoms with Crippen LogP contribution in [0.4, 0.5) is 8.78 Å². The summed E-state index contributed by atoms with van der Waals surface area (Å²) in [7, 11) is 1.92. The highest BCUT2D eigenvalue weighted by atomic mass is 35.5. The standard InChI is InChI=1S/C16H20F2N4S.ClH/c1-10-3-4-13(17)12(14(10)18)9-23-16-21-20-15(22(16)2)11-5-7-19-8-6-11;/h3-4,11,19H,5-9H2,1-2H3;1H. The van der Waals surface area contributed by atoms with Gasteiger partial charge in [-0.25, -0.2) is 8.78 Å². The van der Waals surface area contributed by atoms with Gasteiger partial charge in [-0.05, 0) is 44.5 Å². The van der Waals surface area contributed by atoms with Gasteiger partial charge in [-0.1, -0.05) is 17.8 Å². The molecule has 2 aromatic rings. The number of thioether (sulfide) groups is 1. The van der Waals surface area contributed by atoms with Gasteiger partial charge in [0, 0.05) is 24.3 Å². The van der Waals surface area contributed by atoms with Gasteiger partial charge in [0.2, 0.25) is 0 Å². The molecular weight excluding hydrogens is 354 g/mol. The van der Waals surface area contributed by atoms with Crippen molar-refractivity contribution < 1.29 is 8.78 Å². The lowest BCUT2D eigenvalue weighted by Gasteiger charge is -2.21. The van der Waals surface area contributed by atoms with Crippen LogP contribution in [0.3, 0.4) is 0 Å². The smallest absolute Gasteiger partial charge is 0.191 e. The fourth-order valence-corrected chi connectivity index (χ4v) is 3.80. The second-order valence-electron chi connectivity index (χ2n) is 5.87. The van der Waals surface area contributed by atoms with Crippen molar-refractivity contribution in [3.05, 3.63) is 40.7 Å². The number of rotatable bonds is 4. The fourth-order valence-electron chi connectivity index (χ4n) is 2.87. The monoisotopic (exact) mass is 374 g/mol. The first-order valence-corrected chi connectivity index (χ1v) is 8.72. The van der Waals surface area contributed by atoms with Crippen LogP contribution in [0.2, 0.25) is 0 Å². The Morgan fingerprint density at radius 3 is 2.67 bits per heavy atom. The van der Waals surface area contributed by atoms with Crippen molar-refractivity contribution in [2.24, 2.45) is 7.05 Å². The molecule has 1 aromatic heterocycles. The minimum atomic E-state index is -0.513. The number of aryl methyl sites for hydroxylation is 1. The molecule has 0 amide bonds. The number of nitrogens with one attached hydrogen (secondary N) is 1. The topological polar surface area (TPSA) is 42.7 Å². The molecule has 1 N–H and O–H groups in total. The number of piperidine rings is 1. The summed E-state index contributed by atoms with van der Waals surface area (Å²) in [6.07, 6.45) is 2.08. The number of benzene rings is 1. The molecule has 3 rings (SSSR count). The van der Waals surface area contributed by atoms with Crippen molar-refractivity contribution in [3.63, 3.8) is 0 Å². The Hall–Kier alpha value is -1.18. The summed E-state index contributed by atoms with van der Waals surface area (Å²) in [5.41, 5.74) is 0.553. The molecule has 8 heteroatoms. The molecule has 4 nitrogen and oxygen atoms in total. The Labute approximate surface area is 150 Å². The van der Waals surface area contributed by atoms with Gasteiger partial charge in [-0.15, -0.1) is 22.6 Å². The van der Waals surface area contributed by atoms with Crippen molar-refractivity contribution in [1.82, 2.24) is 20.1 Å². The molecule has 1 aliphatic rings. The maximum absolute atomic E-state index is 14.1. The average molecular weight is 375 g/mol. The molecule has 1 fully saturated rings. The van der Waals surface area contributed by atoms with E-state index < -0.39 is 11.6 Å². The van der Waals surface area contributed by atoms with Crippen molar-refractivity contribution >= 4 is 24.2 Å². The zero-order valence-electron chi connectivity index (χ0n) is 13.7. The maximum Gasteiger partial charge on any atom is 0.191 e. The molecule has 1 saturated heterocycles. The Morgan fingerprint density at radius 1 is 1.25 bits per heavy atom. The summed E-state index contributed by atoms with van der Waals surface area (Å²) in [5.74, 6) is 0.576. The molecule has 1 aliphatic heterocycles. The Kier molecular flexibility index (Phi) is 6.60. The Morgan fingerprint density at radius 2 is 1.96 bits per heavy atom. The van der Waals surface area contributed by atoms with Crippen LogP contribution in [0.25, 0.3) is 0 Å². The molecule has 0 bridgehead atoms. The number of aromatic nitrogens is 3. The van der Waals surface area contributed by atoms with Crippen LogP contribution in [-0.4, -0.2) is 27.9 Å². The second-order valence-corrected chi connectivity index (χ2v) is 6.81. The van der Waals surface area contributed by atoms with E-state index in [1.165, 1.54) is 23.9 Å². The van der Waals surface area contributed by atoms with E-state index in [1.807, 2.05) is 11.6 Å². The normalized spacial score (nSPS) is 15.3. The average Bonchev–Trinajstić information content (AvgIpc) is 2.93. The summed E-state index contributed by atoms with van der Waals surface area (Å²) in [5, 5.41) is 12.5. The SMILES string of the molecule is Cc1ccc(F)c(CSc2nnc(C3CCNCC3)n2C)c1F.Cl. The lowest BCUT2D eigenvalue weighted by Crippen LogP contribution is -2.27. The fraction of sp³-hybridized carbons (Fsp3) is 0.500. The largest absolute Gasteiger partial charge is 0.317 e. The van der Waals surface area contributed by atoms with E-state index in [1.54, 1.807) is 6.92 Å². The molecule has 0 unspecified atom stereocenters. The van der Waals surface area contributed by atoms with Crippen LogP contribution >= 0.6 is 24.2 Å². The van der Waals surface area contributed by atoms with E-state index in [2.05, 4.69) is 15.5 Å². The highest BCUT2D eigenvalue weighted by Gasteiger charge is 2.22. The lowest BCUT2D eigenvalue weighted by molar-refractivity contribution is 0.434. The number of hydrogen-bond donors (Lipinski definition) is 1. The zero-order valence-corrected chi connectivity index (χ0v) is 15.3. The Bertz CT molecular complexity index is 702. The summed E-state index contributed by atoms with van der Waals surface area (Å²) in [6.45, 7) is 3.61. The molecule has 0 aliphatic carbocycles. The Balaban J connectivity index is 0.00000208. The second kappa shape index (κ2) is 8.27. The van der Waals surface area contributed by atoms with Gasteiger partial charge in [0.05, 0.1) is 0 Å². The summed E-state index contributed by atoms with van der Waals surface area (Å²) in [6, 6.07) is 2.77. The van der Waals surface area contributed by atoms with Gasteiger partial charge in [0.1, 0.15) is 17.5 Å². The van der Waals surface area contributed by atoms with Crippen molar-refractivity contribution in [2.75, 3.05) is 13.1 Å². The summed E-state index contributed by atoms with van der Waals surface area (Å²) < 4.78 is 29.8. The third-order valence-corrected chi connectivity index (χ3v) is 5.34. The van der Waals surface area contributed by atoms with Crippen LogP contribution in [0.15, 0.2) is 17.3 Å². The number of halogens is 3. The van der Waals surface area contributed by atoms with Gasteiger partial charge in [0.25, 0.3) is 0 Å². The summed E-state index contributed by atoms with van der Waals surface area (Å²) >= 11 is 1.32. The minimum Gasteiger partial charge on any atom is -0.317 e. The van der Waals surface area contributed by atoms with Crippen LogP contribution in [0, 0.1) is 18.6 Å². The number of hydrogen-bond acceptors (Lipinski definition) is 4. The van der Waals surface area contributed by atoms with Gasteiger partial charge >= 0.3 is 0 Å². The molecule has 0 atom stereocenters.